The van der Waals surface area contributed by atoms with Crippen molar-refractivity contribution >= 4 is 17.6 Å². The molecule has 2 rings (SSSR count). The second kappa shape index (κ2) is 7.47. The third kappa shape index (κ3) is 3.94. The molecule has 128 valence electrons. The van der Waals surface area contributed by atoms with Crippen LogP contribution in [0.15, 0.2) is 12.1 Å². The molecular weight excluding hydrogens is 325 g/mol. The first-order valence-corrected chi connectivity index (χ1v) is 7.76. The number of carbonyl (C=O) groups is 1. The number of ether oxygens (including phenoxy) is 2. The number of carboxylic acid groups (broad SMARTS) is 1. The van der Waals surface area contributed by atoms with Crippen LogP contribution in [-0.4, -0.2) is 49.9 Å². The lowest BCUT2D eigenvalue weighted by Crippen LogP contribution is -2.46. The Morgan fingerprint density at radius 1 is 1.39 bits per heavy atom. The highest BCUT2D eigenvalue weighted by atomic mass is 35.5. The van der Waals surface area contributed by atoms with Crippen LogP contribution in [0.25, 0.3) is 0 Å². The quantitative estimate of drug-likeness (QED) is 0.859. The van der Waals surface area contributed by atoms with Crippen LogP contribution in [0.1, 0.15) is 18.4 Å². The number of nitrogens with zero attached hydrogens (tertiary/aromatic N) is 1. The number of methoxy groups -OCH3 is 2. The van der Waals surface area contributed by atoms with E-state index < -0.39 is 11.4 Å². The van der Waals surface area contributed by atoms with Crippen LogP contribution in [0.3, 0.4) is 0 Å². The van der Waals surface area contributed by atoms with E-state index in [2.05, 4.69) is 0 Å². The zero-order valence-electron chi connectivity index (χ0n) is 13.3. The maximum absolute atomic E-state index is 14.0. The molecule has 0 amide bonds. The topological polar surface area (TPSA) is 59.0 Å². The first kappa shape index (κ1) is 18.0. The van der Waals surface area contributed by atoms with Crippen molar-refractivity contribution < 1.29 is 23.8 Å². The molecule has 0 aromatic heterocycles. The Morgan fingerprint density at radius 3 is 2.57 bits per heavy atom. The highest BCUT2D eigenvalue weighted by Gasteiger charge is 2.41. The van der Waals surface area contributed by atoms with E-state index in [1.807, 2.05) is 4.90 Å². The van der Waals surface area contributed by atoms with Gasteiger partial charge in [-0.2, -0.15) is 0 Å². The summed E-state index contributed by atoms with van der Waals surface area (Å²) in [5, 5.41) is 9.68. The number of halogens is 2. The van der Waals surface area contributed by atoms with E-state index >= 15 is 0 Å². The summed E-state index contributed by atoms with van der Waals surface area (Å²) in [5.41, 5.74) is -0.359. The molecule has 1 saturated heterocycles. The number of hydrogen-bond donors (Lipinski definition) is 1. The van der Waals surface area contributed by atoms with Crippen molar-refractivity contribution in [2.45, 2.75) is 19.4 Å². The van der Waals surface area contributed by atoms with Crippen molar-refractivity contribution in [3.8, 4) is 5.75 Å². The molecular formula is C16H21ClFNO4. The highest BCUT2D eigenvalue weighted by molar-refractivity contribution is 6.32. The van der Waals surface area contributed by atoms with Crippen LogP contribution in [0.5, 0.6) is 5.75 Å². The predicted molar refractivity (Wildman–Crippen MR) is 84.4 cm³/mol. The number of hydrogen-bond acceptors (Lipinski definition) is 4. The van der Waals surface area contributed by atoms with Gasteiger partial charge < -0.3 is 14.6 Å². The van der Waals surface area contributed by atoms with Gasteiger partial charge in [0.2, 0.25) is 0 Å². The summed E-state index contributed by atoms with van der Waals surface area (Å²) in [7, 11) is 2.99. The van der Waals surface area contributed by atoms with Crippen molar-refractivity contribution in [2.75, 3.05) is 33.9 Å². The number of carboxylic acids is 1. The molecule has 0 unspecified atom stereocenters. The number of benzene rings is 1. The molecule has 1 aromatic carbocycles. The van der Waals surface area contributed by atoms with Crippen LogP contribution < -0.4 is 4.74 Å². The summed E-state index contributed by atoms with van der Waals surface area (Å²) in [5.74, 6) is -0.791. The third-order valence-corrected chi connectivity index (χ3v) is 4.70. The van der Waals surface area contributed by atoms with Gasteiger partial charge in [-0.3, -0.25) is 9.69 Å². The zero-order valence-corrected chi connectivity index (χ0v) is 14.0. The molecule has 1 aliphatic heterocycles. The van der Waals surface area contributed by atoms with Crippen molar-refractivity contribution in [2.24, 2.45) is 5.41 Å². The van der Waals surface area contributed by atoms with Crippen LogP contribution in [0, 0.1) is 11.2 Å². The lowest BCUT2D eigenvalue weighted by Gasteiger charge is -2.38. The van der Waals surface area contributed by atoms with E-state index in [0.717, 1.165) is 0 Å². The highest BCUT2D eigenvalue weighted by Crippen LogP contribution is 2.34. The molecule has 1 aromatic rings. The Kier molecular flexibility index (Phi) is 5.84. The average Bonchev–Trinajstić information content (AvgIpc) is 2.52. The summed E-state index contributed by atoms with van der Waals surface area (Å²) in [6, 6.07) is 2.83. The minimum atomic E-state index is -0.846. The smallest absolute Gasteiger partial charge is 0.312 e. The molecule has 0 spiro atoms. The first-order chi connectivity index (χ1) is 10.9. The lowest BCUT2D eigenvalue weighted by atomic mass is 9.79. The summed E-state index contributed by atoms with van der Waals surface area (Å²) < 4.78 is 24.2. The normalized spacial score (nSPS) is 17.9. The number of rotatable bonds is 6. The fourth-order valence-electron chi connectivity index (χ4n) is 2.93. The summed E-state index contributed by atoms with van der Waals surface area (Å²) in [6.07, 6.45) is 0.949. The van der Waals surface area contributed by atoms with Gasteiger partial charge >= 0.3 is 5.97 Å². The molecule has 7 heteroatoms. The van der Waals surface area contributed by atoms with Crippen molar-refractivity contribution in [3.63, 3.8) is 0 Å². The van der Waals surface area contributed by atoms with Crippen LogP contribution in [0.4, 0.5) is 4.39 Å². The Bertz CT molecular complexity index is 573. The molecule has 1 aliphatic rings. The van der Waals surface area contributed by atoms with Gasteiger partial charge in [-0.15, -0.1) is 0 Å². The number of likely N-dealkylation sites (tertiary alicyclic amines) is 1. The standard InChI is InChI=1S/C16H21ClFNO4/c1-22-10-16(15(20)21)3-5-19(6-4-16)9-11-7-14(23-2)12(17)8-13(11)18/h7-8H,3-6,9-10H2,1-2H3,(H,20,21). The van der Waals surface area contributed by atoms with E-state index in [0.29, 0.717) is 43.8 Å². The first-order valence-electron chi connectivity index (χ1n) is 7.38. The van der Waals surface area contributed by atoms with Gasteiger partial charge in [-0.05, 0) is 38.1 Å². The molecule has 1 fully saturated rings. The van der Waals surface area contributed by atoms with Crippen molar-refractivity contribution in [1.82, 2.24) is 4.90 Å². The van der Waals surface area contributed by atoms with Crippen LogP contribution in [-0.2, 0) is 16.1 Å². The fraction of sp³-hybridized carbons (Fsp3) is 0.562. The van der Waals surface area contributed by atoms with E-state index in [9.17, 15) is 14.3 Å². The van der Waals surface area contributed by atoms with E-state index in [-0.39, 0.29) is 17.4 Å². The molecule has 1 N–H and O–H groups in total. The SMILES string of the molecule is COCC1(C(=O)O)CCN(Cc2cc(OC)c(Cl)cc2F)CC1. The van der Waals surface area contributed by atoms with Gasteiger partial charge in [0.15, 0.2) is 0 Å². The Morgan fingerprint density at radius 2 is 2.04 bits per heavy atom. The molecule has 0 aliphatic carbocycles. The fourth-order valence-corrected chi connectivity index (χ4v) is 3.15. The molecule has 23 heavy (non-hydrogen) atoms. The molecule has 5 nitrogen and oxygen atoms in total. The van der Waals surface area contributed by atoms with Gasteiger partial charge in [0.25, 0.3) is 0 Å². The molecule has 1 heterocycles. The minimum absolute atomic E-state index is 0.194. The van der Waals surface area contributed by atoms with Gasteiger partial charge in [-0.1, -0.05) is 11.6 Å². The molecule has 0 radical (unpaired) electrons. The van der Waals surface area contributed by atoms with Gasteiger partial charge in [0.05, 0.1) is 24.2 Å². The Balaban J connectivity index is 2.06. The molecule has 0 saturated carbocycles. The monoisotopic (exact) mass is 345 g/mol. The summed E-state index contributed by atoms with van der Waals surface area (Å²) in [4.78, 5) is 13.5. The second-order valence-corrected chi connectivity index (χ2v) is 6.28. The molecule has 0 atom stereocenters. The summed E-state index contributed by atoms with van der Waals surface area (Å²) >= 11 is 5.89. The van der Waals surface area contributed by atoms with Crippen LogP contribution >= 0.6 is 11.6 Å². The lowest BCUT2D eigenvalue weighted by molar-refractivity contribution is -0.156. The largest absolute Gasteiger partial charge is 0.495 e. The number of piperidine rings is 1. The van der Waals surface area contributed by atoms with Gasteiger partial charge in [0, 0.05) is 19.2 Å². The van der Waals surface area contributed by atoms with Crippen LogP contribution in [0.2, 0.25) is 5.02 Å². The van der Waals surface area contributed by atoms with E-state index in [1.54, 1.807) is 6.07 Å². The van der Waals surface area contributed by atoms with E-state index in [4.69, 9.17) is 21.1 Å². The Labute approximate surface area is 139 Å². The second-order valence-electron chi connectivity index (χ2n) is 5.87. The van der Waals surface area contributed by atoms with E-state index in [1.165, 1.54) is 20.3 Å². The minimum Gasteiger partial charge on any atom is -0.495 e. The Hall–Kier alpha value is -1.37. The summed E-state index contributed by atoms with van der Waals surface area (Å²) in [6.45, 7) is 1.72. The molecule has 0 bridgehead atoms. The van der Waals surface area contributed by atoms with Gasteiger partial charge in [0.1, 0.15) is 11.6 Å². The van der Waals surface area contributed by atoms with Crippen molar-refractivity contribution in [1.29, 1.82) is 0 Å². The predicted octanol–water partition coefficient (Wildman–Crippen LogP) is 2.80. The average molecular weight is 346 g/mol. The third-order valence-electron chi connectivity index (χ3n) is 4.40. The van der Waals surface area contributed by atoms with Gasteiger partial charge in [-0.25, -0.2) is 4.39 Å². The van der Waals surface area contributed by atoms with Crippen molar-refractivity contribution in [3.05, 3.63) is 28.5 Å². The number of aliphatic carboxylic acids is 1. The maximum atomic E-state index is 14.0. The zero-order chi connectivity index (χ0) is 17.0. The maximum Gasteiger partial charge on any atom is 0.312 e.